The van der Waals surface area contributed by atoms with Crippen LogP contribution >= 0.6 is 0 Å². The Labute approximate surface area is 153 Å². The van der Waals surface area contributed by atoms with Gasteiger partial charge in [-0.25, -0.2) is 0 Å². The lowest BCUT2D eigenvalue weighted by molar-refractivity contribution is 0.103. The largest absolute Gasteiger partial charge is 0.490 e. The van der Waals surface area contributed by atoms with Crippen molar-refractivity contribution in [2.75, 3.05) is 0 Å². The van der Waals surface area contributed by atoms with Gasteiger partial charge in [-0.1, -0.05) is 42.5 Å². The number of hydrogen-bond acceptors (Lipinski definition) is 3. The van der Waals surface area contributed by atoms with E-state index in [1.54, 1.807) is 6.07 Å². The fraction of sp³-hybridized carbons (Fsp3) is 0.174. The summed E-state index contributed by atoms with van der Waals surface area (Å²) in [5.41, 5.74) is 2.36. The predicted molar refractivity (Wildman–Crippen MR) is 101 cm³/mol. The zero-order chi connectivity index (χ0) is 17.8. The summed E-state index contributed by atoms with van der Waals surface area (Å²) in [4.78, 5) is 12.7. The van der Waals surface area contributed by atoms with Gasteiger partial charge in [-0.2, -0.15) is 0 Å². The van der Waals surface area contributed by atoms with Gasteiger partial charge in [-0.05, 0) is 54.8 Å². The van der Waals surface area contributed by atoms with Crippen LogP contribution in [-0.2, 0) is 6.61 Å². The van der Waals surface area contributed by atoms with Crippen LogP contribution in [0.25, 0.3) is 0 Å². The van der Waals surface area contributed by atoms with Gasteiger partial charge >= 0.3 is 0 Å². The predicted octanol–water partition coefficient (Wildman–Crippen LogP) is 5.04. The quantitative estimate of drug-likeness (QED) is 0.563. The van der Waals surface area contributed by atoms with Crippen molar-refractivity contribution in [3.05, 3.63) is 95.6 Å². The fourth-order valence-corrected chi connectivity index (χ4v) is 2.70. The monoisotopic (exact) mass is 344 g/mol. The first-order valence-corrected chi connectivity index (χ1v) is 8.86. The molecular formula is C23H20O3. The molecule has 1 saturated carbocycles. The maximum Gasteiger partial charge on any atom is 0.193 e. The molecule has 0 saturated heterocycles. The van der Waals surface area contributed by atoms with Crippen LogP contribution < -0.4 is 9.47 Å². The maximum atomic E-state index is 12.7. The Kier molecular flexibility index (Phi) is 4.69. The first-order chi connectivity index (χ1) is 12.8. The highest BCUT2D eigenvalue weighted by molar-refractivity contribution is 6.09. The van der Waals surface area contributed by atoms with Crippen LogP contribution in [0.5, 0.6) is 11.5 Å². The molecule has 0 heterocycles. The van der Waals surface area contributed by atoms with E-state index in [2.05, 4.69) is 0 Å². The van der Waals surface area contributed by atoms with E-state index in [-0.39, 0.29) is 5.78 Å². The van der Waals surface area contributed by atoms with Crippen LogP contribution in [0.15, 0.2) is 78.9 Å². The molecule has 0 amide bonds. The third-order valence-corrected chi connectivity index (χ3v) is 4.29. The van der Waals surface area contributed by atoms with Crippen LogP contribution in [0.3, 0.4) is 0 Å². The molecule has 3 aromatic rings. The number of carbonyl (C=O) groups excluding carboxylic acids is 1. The van der Waals surface area contributed by atoms with E-state index in [0.717, 1.165) is 24.2 Å². The summed E-state index contributed by atoms with van der Waals surface area (Å²) in [5, 5.41) is 0. The summed E-state index contributed by atoms with van der Waals surface area (Å²) in [5.74, 6) is 1.49. The molecule has 3 heteroatoms. The van der Waals surface area contributed by atoms with Crippen LogP contribution in [0, 0.1) is 0 Å². The molecule has 0 radical (unpaired) electrons. The summed E-state index contributed by atoms with van der Waals surface area (Å²) < 4.78 is 11.5. The lowest BCUT2D eigenvalue weighted by Crippen LogP contribution is -2.03. The number of hydrogen-bond donors (Lipinski definition) is 0. The molecule has 26 heavy (non-hydrogen) atoms. The molecular weight excluding hydrogens is 324 g/mol. The smallest absolute Gasteiger partial charge is 0.193 e. The highest BCUT2D eigenvalue weighted by Crippen LogP contribution is 2.27. The Balaban J connectivity index is 1.43. The minimum atomic E-state index is -0.0202. The van der Waals surface area contributed by atoms with E-state index in [0.29, 0.717) is 29.6 Å². The molecule has 0 N–H and O–H groups in total. The first kappa shape index (κ1) is 16.4. The Hall–Kier alpha value is -3.07. The second kappa shape index (κ2) is 7.44. The maximum absolute atomic E-state index is 12.7. The van der Waals surface area contributed by atoms with Crippen molar-refractivity contribution in [3.63, 3.8) is 0 Å². The minimum absolute atomic E-state index is 0.0202. The third-order valence-electron chi connectivity index (χ3n) is 4.29. The zero-order valence-electron chi connectivity index (χ0n) is 14.4. The molecule has 4 rings (SSSR count). The Morgan fingerprint density at radius 1 is 0.808 bits per heavy atom. The molecule has 0 unspecified atom stereocenters. The Bertz CT molecular complexity index is 881. The molecule has 3 aromatic carbocycles. The second-order valence-electron chi connectivity index (χ2n) is 6.47. The Morgan fingerprint density at radius 2 is 1.58 bits per heavy atom. The highest BCUT2D eigenvalue weighted by Gasteiger charge is 2.23. The number of carbonyl (C=O) groups is 1. The number of ketones is 1. The van der Waals surface area contributed by atoms with Crippen molar-refractivity contribution in [2.24, 2.45) is 0 Å². The average Bonchev–Trinajstić information content (AvgIpc) is 3.51. The SMILES string of the molecule is O=C(c1ccc(OC2CC2)cc1)c1cccc(OCc2ccccc2)c1. The van der Waals surface area contributed by atoms with Gasteiger partial charge in [0.15, 0.2) is 5.78 Å². The number of benzene rings is 3. The van der Waals surface area contributed by atoms with E-state index in [9.17, 15) is 4.79 Å². The van der Waals surface area contributed by atoms with Crippen LogP contribution in [0.4, 0.5) is 0 Å². The lowest BCUT2D eigenvalue weighted by atomic mass is 10.0. The summed E-state index contributed by atoms with van der Waals surface area (Å²) in [6.45, 7) is 0.478. The van der Waals surface area contributed by atoms with Gasteiger partial charge in [0, 0.05) is 11.1 Å². The molecule has 0 spiro atoms. The van der Waals surface area contributed by atoms with E-state index < -0.39 is 0 Å². The van der Waals surface area contributed by atoms with Crippen molar-refractivity contribution >= 4 is 5.78 Å². The normalized spacial score (nSPS) is 13.2. The molecule has 0 aliphatic heterocycles. The van der Waals surface area contributed by atoms with E-state index in [4.69, 9.17) is 9.47 Å². The molecule has 1 aliphatic carbocycles. The van der Waals surface area contributed by atoms with Gasteiger partial charge in [0.05, 0.1) is 6.10 Å². The van der Waals surface area contributed by atoms with Crippen molar-refractivity contribution in [2.45, 2.75) is 25.6 Å². The van der Waals surface area contributed by atoms with Crippen molar-refractivity contribution in [1.82, 2.24) is 0 Å². The van der Waals surface area contributed by atoms with Crippen LogP contribution in [0.1, 0.15) is 34.3 Å². The molecule has 130 valence electrons. The summed E-state index contributed by atoms with van der Waals surface area (Å²) in [6.07, 6.45) is 2.60. The van der Waals surface area contributed by atoms with E-state index in [1.807, 2.05) is 72.8 Å². The average molecular weight is 344 g/mol. The van der Waals surface area contributed by atoms with Gasteiger partial charge in [-0.15, -0.1) is 0 Å². The molecule has 0 atom stereocenters. The molecule has 0 aromatic heterocycles. The molecule has 3 nitrogen and oxygen atoms in total. The standard InChI is InChI=1S/C23H20O3/c24-23(18-9-11-20(12-10-18)26-21-13-14-21)19-7-4-8-22(15-19)25-16-17-5-2-1-3-6-17/h1-12,15,21H,13-14,16H2. The summed E-state index contributed by atoms with van der Waals surface area (Å²) >= 11 is 0. The van der Waals surface area contributed by atoms with Crippen molar-refractivity contribution < 1.29 is 14.3 Å². The van der Waals surface area contributed by atoms with Crippen molar-refractivity contribution in [3.8, 4) is 11.5 Å². The zero-order valence-corrected chi connectivity index (χ0v) is 14.4. The minimum Gasteiger partial charge on any atom is -0.490 e. The molecule has 0 bridgehead atoms. The second-order valence-corrected chi connectivity index (χ2v) is 6.47. The first-order valence-electron chi connectivity index (χ1n) is 8.86. The van der Waals surface area contributed by atoms with Crippen molar-refractivity contribution in [1.29, 1.82) is 0 Å². The van der Waals surface area contributed by atoms with Gasteiger partial charge in [0.1, 0.15) is 18.1 Å². The van der Waals surface area contributed by atoms with Gasteiger partial charge in [0.25, 0.3) is 0 Å². The lowest BCUT2D eigenvalue weighted by Gasteiger charge is -2.09. The summed E-state index contributed by atoms with van der Waals surface area (Å²) in [6, 6.07) is 24.6. The number of rotatable bonds is 7. The fourth-order valence-electron chi connectivity index (χ4n) is 2.70. The topological polar surface area (TPSA) is 35.5 Å². The van der Waals surface area contributed by atoms with Crippen LogP contribution in [0.2, 0.25) is 0 Å². The van der Waals surface area contributed by atoms with Gasteiger partial charge in [0.2, 0.25) is 0 Å². The Morgan fingerprint density at radius 3 is 2.31 bits per heavy atom. The third kappa shape index (κ3) is 4.12. The van der Waals surface area contributed by atoms with E-state index >= 15 is 0 Å². The van der Waals surface area contributed by atoms with Gasteiger partial charge in [-0.3, -0.25) is 4.79 Å². The molecule has 1 fully saturated rings. The van der Waals surface area contributed by atoms with Gasteiger partial charge < -0.3 is 9.47 Å². The number of ether oxygens (including phenoxy) is 2. The van der Waals surface area contributed by atoms with Crippen LogP contribution in [-0.4, -0.2) is 11.9 Å². The highest BCUT2D eigenvalue weighted by atomic mass is 16.5. The van der Waals surface area contributed by atoms with E-state index in [1.165, 1.54) is 0 Å². The summed E-state index contributed by atoms with van der Waals surface area (Å²) in [7, 11) is 0. The molecule has 1 aliphatic rings.